The number of benzene rings is 2. The number of imide groups is 1. The van der Waals surface area contributed by atoms with E-state index in [4.69, 9.17) is 19.9 Å². The molecule has 3 aliphatic rings. The number of para-hydroxylation sites is 1. The summed E-state index contributed by atoms with van der Waals surface area (Å²) in [5.41, 5.74) is 7.43. The van der Waals surface area contributed by atoms with Crippen molar-refractivity contribution in [3.63, 3.8) is 0 Å². The summed E-state index contributed by atoms with van der Waals surface area (Å²) in [4.78, 5) is 40.9. The normalized spacial score (nSPS) is 24.4. The summed E-state index contributed by atoms with van der Waals surface area (Å²) >= 11 is 1.03. The van der Waals surface area contributed by atoms with Crippen LogP contribution in [0.3, 0.4) is 0 Å². The Kier molecular flexibility index (Phi) is 4.44. The number of fused-ring (bicyclic) bond motifs is 5. The van der Waals surface area contributed by atoms with Gasteiger partial charge in [0, 0.05) is 17.5 Å². The molecule has 0 radical (unpaired) electrons. The van der Waals surface area contributed by atoms with E-state index >= 15 is 0 Å². The van der Waals surface area contributed by atoms with E-state index in [-0.39, 0.29) is 22.3 Å². The molecule has 1 saturated heterocycles. The van der Waals surface area contributed by atoms with Gasteiger partial charge in [0.2, 0.25) is 11.8 Å². The third kappa shape index (κ3) is 2.73. The van der Waals surface area contributed by atoms with Crippen LogP contribution in [0.2, 0.25) is 0 Å². The van der Waals surface area contributed by atoms with E-state index in [0.29, 0.717) is 22.7 Å². The number of esters is 1. The number of carbonyl (C=O) groups is 3. The van der Waals surface area contributed by atoms with E-state index < -0.39 is 29.0 Å². The van der Waals surface area contributed by atoms with Gasteiger partial charge in [-0.3, -0.25) is 9.59 Å². The molecule has 2 N–H and O–H groups in total. The predicted octanol–water partition coefficient (Wildman–Crippen LogP) is 2.18. The fraction of sp³-hybridized carbons (Fsp3) is 0.227. The number of hydrogen-bond donors (Lipinski definition) is 1. The smallest absolute Gasteiger partial charge is 0.342 e. The summed E-state index contributed by atoms with van der Waals surface area (Å²) in [6.07, 6.45) is 0. The van der Waals surface area contributed by atoms with Crippen molar-refractivity contribution in [3.8, 4) is 17.2 Å². The molecule has 5 rings (SSSR count). The van der Waals surface area contributed by atoms with Crippen LogP contribution in [-0.4, -0.2) is 37.3 Å². The first-order valence-corrected chi connectivity index (χ1v) is 10.4. The Balaban J connectivity index is 1.66. The van der Waals surface area contributed by atoms with Gasteiger partial charge >= 0.3 is 5.97 Å². The van der Waals surface area contributed by atoms with Gasteiger partial charge in [0.05, 0.1) is 36.4 Å². The number of nitrogens with zero attached hydrogens (tertiary/aromatic N) is 1. The molecule has 0 aliphatic carbocycles. The molecule has 9 heteroatoms. The first-order valence-electron chi connectivity index (χ1n) is 9.53. The van der Waals surface area contributed by atoms with Crippen molar-refractivity contribution >= 4 is 35.2 Å². The molecular formula is C22H18N2O6S. The van der Waals surface area contributed by atoms with Gasteiger partial charge < -0.3 is 19.9 Å². The van der Waals surface area contributed by atoms with Crippen LogP contribution in [0, 0.1) is 5.92 Å². The summed E-state index contributed by atoms with van der Waals surface area (Å²) in [7, 11) is 2.98. The second-order valence-corrected chi connectivity index (χ2v) is 8.48. The zero-order valence-electron chi connectivity index (χ0n) is 16.7. The quantitative estimate of drug-likeness (QED) is 0.441. The van der Waals surface area contributed by atoms with Crippen molar-refractivity contribution in [2.45, 2.75) is 11.2 Å². The highest BCUT2D eigenvalue weighted by Crippen LogP contribution is 2.56. The molecule has 1 fully saturated rings. The average Bonchev–Trinajstić information content (AvgIpc) is 3.02. The van der Waals surface area contributed by atoms with E-state index in [2.05, 4.69) is 0 Å². The number of thioether (sulfide) groups is 1. The Hall–Kier alpha value is -3.46. The van der Waals surface area contributed by atoms with Crippen molar-refractivity contribution in [2.24, 2.45) is 11.7 Å². The van der Waals surface area contributed by atoms with Crippen molar-refractivity contribution in [1.82, 2.24) is 0 Å². The van der Waals surface area contributed by atoms with Crippen LogP contribution in [0.25, 0.3) is 0 Å². The van der Waals surface area contributed by atoms with Gasteiger partial charge in [0.25, 0.3) is 0 Å². The molecule has 0 saturated carbocycles. The molecule has 158 valence electrons. The Labute approximate surface area is 181 Å². The van der Waals surface area contributed by atoms with E-state index in [9.17, 15) is 14.4 Å². The minimum atomic E-state index is -0.801. The highest BCUT2D eigenvalue weighted by molar-refractivity contribution is 8.04. The van der Waals surface area contributed by atoms with Gasteiger partial charge in [0.15, 0.2) is 11.5 Å². The summed E-state index contributed by atoms with van der Waals surface area (Å²) in [5.74, 6) is -1.76. The second kappa shape index (κ2) is 7.05. The Morgan fingerprint density at radius 1 is 1.03 bits per heavy atom. The summed E-state index contributed by atoms with van der Waals surface area (Å²) < 4.78 is 16.1. The number of ether oxygens (including phenoxy) is 3. The highest BCUT2D eigenvalue weighted by Gasteiger charge is 2.58. The molecule has 0 aromatic heterocycles. The van der Waals surface area contributed by atoms with Crippen LogP contribution < -0.4 is 24.8 Å². The maximum absolute atomic E-state index is 13.6. The monoisotopic (exact) mass is 438 g/mol. The van der Waals surface area contributed by atoms with Crippen molar-refractivity contribution < 1.29 is 28.6 Å². The molecule has 3 aliphatic heterocycles. The van der Waals surface area contributed by atoms with Gasteiger partial charge in [-0.15, -0.1) is 0 Å². The van der Waals surface area contributed by atoms with Crippen LogP contribution >= 0.6 is 11.8 Å². The standard InChI is InChI=1S/C22H18N2O6S/c1-28-11-6-3-5-10(9-11)24-20(25)15-14-12-7-4-8-13(29-2)17(12)30-22(27)16(14)19(23)31-18(15)21(24)26/h3-9,14-15,18H,23H2,1-2H3/t14-,15-,18+/m0/s1. The van der Waals surface area contributed by atoms with Gasteiger partial charge in [-0.25, -0.2) is 9.69 Å². The minimum Gasteiger partial charge on any atom is -0.497 e. The maximum atomic E-state index is 13.6. The highest BCUT2D eigenvalue weighted by atomic mass is 32.2. The molecule has 3 heterocycles. The number of nitrogens with two attached hydrogens (primary N) is 1. The molecule has 2 aromatic rings. The lowest BCUT2D eigenvalue weighted by Gasteiger charge is -2.36. The molecule has 2 amide bonds. The zero-order valence-corrected chi connectivity index (χ0v) is 17.5. The van der Waals surface area contributed by atoms with Crippen LogP contribution in [0.15, 0.2) is 53.1 Å². The van der Waals surface area contributed by atoms with E-state index in [1.807, 2.05) is 0 Å². The van der Waals surface area contributed by atoms with Crippen LogP contribution in [0.1, 0.15) is 11.5 Å². The van der Waals surface area contributed by atoms with Gasteiger partial charge in [0.1, 0.15) is 11.0 Å². The summed E-state index contributed by atoms with van der Waals surface area (Å²) in [6.45, 7) is 0. The fourth-order valence-electron chi connectivity index (χ4n) is 4.42. The van der Waals surface area contributed by atoms with Gasteiger partial charge in [-0.05, 0) is 18.2 Å². The summed E-state index contributed by atoms with van der Waals surface area (Å²) in [5, 5.41) is -0.559. The largest absolute Gasteiger partial charge is 0.497 e. The number of hydrogen-bond acceptors (Lipinski definition) is 8. The zero-order chi connectivity index (χ0) is 21.9. The molecular weight excluding hydrogens is 420 g/mol. The number of rotatable bonds is 3. The van der Waals surface area contributed by atoms with E-state index in [1.165, 1.54) is 14.2 Å². The van der Waals surface area contributed by atoms with Crippen LogP contribution in [-0.2, 0) is 14.4 Å². The number of methoxy groups -OCH3 is 2. The van der Waals surface area contributed by atoms with Crippen molar-refractivity contribution in [2.75, 3.05) is 19.1 Å². The van der Waals surface area contributed by atoms with Crippen LogP contribution in [0.5, 0.6) is 17.2 Å². The number of amides is 2. The molecule has 3 atom stereocenters. The lowest BCUT2D eigenvalue weighted by molar-refractivity contribution is -0.132. The minimum absolute atomic E-state index is 0.193. The molecule has 31 heavy (non-hydrogen) atoms. The summed E-state index contributed by atoms with van der Waals surface area (Å²) in [6, 6.07) is 11.9. The number of carbonyl (C=O) groups excluding carboxylic acids is 3. The third-order valence-electron chi connectivity index (χ3n) is 5.78. The fourth-order valence-corrected chi connectivity index (χ4v) is 5.66. The van der Waals surface area contributed by atoms with Crippen molar-refractivity contribution in [1.29, 1.82) is 0 Å². The first kappa shape index (κ1) is 19.5. The topological polar surface area (TPSA) is 108 Å². The average molecular weight is 438 g/mol. The SMILES string of the molecule is COc1cccc(N2C(=O)[C@@H]3[C@@H](SC(N)=C4C(=O)Oc5c(OC)cccc5[C@H]43)C2=O)c1. The van der Waals surface area contributed by atoms with Crippen molar-refractivity contribution in [3.05, 3.63) is 58.6 Å². The van der Waals surface area contributed by atoms with Crippen LogP contribution in [0.4, 0.5) is 5.69 Å². The molecule has 0 bridgehead atoms. The molecule has 2 aromatic carbocycles. The first-order chi connectivity index (χ1) is 15.0. The maximum Gasteiger partial charge on any atom is 0.342 e. The molecule has 0 spiro atoms. The Morgan fingerprint density at radius 2 is 1.81 bits per heavy atom. The third-order valence-corrected chi connectivity index (χ3v) is 7.00. The van der Waals surface area contributed by atoms with Gasteiger partial charge in [-0.1, -0.05) is 30.0 Å². The lowest BCUT2D eigenvalue weighted by Crippen LogP contribution is -2.39. The Bertz CT molecular complexity index is 1180. The van der Waals surface area contributed by atoms with E-state index in [0.717, 1.165) is 16.7 Å². The Morgan fingerprint density at radius 3 is 2.55 bits per heavy atom. The lowest BCUT2D eigenvalue weighted by atomic mass is 9.77. The molecule has 8 nitrogen and oxygen atoms in total. The second-order valence-electron chi connectivity index (χ2n) is 7.30. The molecule has 0 unspecified atom stereocenters. The predicted molar refractivity (Wildman–Crippen MR) is 113 cm³/mol. The number of anilines is 1. The van der Waals surface area contributed by atoms with Gasteiger partial charge in [-0.2, -0.15) is 0 Å². The van der Waals surface area contributed by atoms with E-state index in [1.54, 1.807) is 42.5 Å².